The summed E-state index contributed by atoms with van der Waals surface area (Å²) in [6, 6.07) is 16.1. The zero-order valence-electron chi connectivity index (χ0n) is 16.5. The predicted octanol–water partition coefficient (Wildman–Crippen LogP) is 5.45. The summed E-state index contributed by atoms with van der Waals surface area (Å²) in [6.45, 7) is 0. The van der Waals surface area contributed by atoms with Crippen LogP contribution in [0.15, 0.2) is 85.7 Å². The van der Waals surface area contributed by atoms with E-state index in [4.69, 9.17) is 0 Å². The van der Waals surface area contributed by atoms with Gasteiger partial charge in [-0.05, 0) is 29.8 Å². The van der Waals surface area contributed by atoms with Crippen LogP contribution in [0.4, 0.5) is 0 Å². The van der Waals surface area contributed by atoms with Crippen molar-refractivity contribution in [3.63, 3.8) is 0 Å². The second-order valence-electron chi connectivity index (χ2n) is 7.57. The summed E-state index contributed by atoms with van der Waals surface area (Å²) in [4.78, 5) is 25.2. The number of hydrogen-bond acceptors (Lipinski definition) is 4. The Labute approximate surface area is 183 Å². The van der Waals surface area contributed by atoms with Crippen LogP contribution in [0.25, 0.3) is 22.0 Å². The van der Waals surface area contributed by atoms with Crippen LogP contribution in [-0.4, -0.2) is 25.3 Å². The average Bonchev–Trinajstić information content (AvgIpc) is 3.54. The molecule has 1 aliphatic rings. The minimum atomic E-state index is 0.0570. The lowest BCUT2D eigenvalue weighted by Crippen LogP contribution is -2.05. The Morgan fingerprint density at radius 2 is 1.87 bits per heavy atom. The zero-order chi connectivity index (χ0) is 20.8. The third-order valence-corrected chi connectivity index (χ3v) is 7.05. The SMILES string of the molecule is O=C(c1ccn2c1CSC2c1cccnc1)c1c[nH]c2cc(-c3cccnc3)ccc12. The molecular formula is C25H18N4OS. The second kappa shape index (κ2) is 7.25. The first kappa shape index (κ1) is 18.2. The minimum Gasteiger partial charge on any atom is -0.360 e. The Balaban J connectivity index is 1.36. The highest BCUT2D eigenvalue weighted by Crippen LogP contribution is 2.42. The van der Waals surface area contributed by atoms with Crippen LogP contribution in [0, 0.1) is 0 Å². The summed E-state index contributed by atoms with van der Waals surface area (Å²) in [5, 5.41) is 1.10. The third-order valence-electron chi connectivity index (χ3n) is 5.79. The van der Waals surface area contributed by atoms with Crippen molar-refractivity contribution < 1.29 is 4.79 Å². The molecule has 0 spiro atoms. The number of thioether (sulfide) groups is 1. The van der Waals surface area contributed by atoms with Crippen molar-refractivity contribution in [2.75, 3.05) is 0 Å². The number of ketones is 1. The number of H-pyrrole nitrogens is 1. The summed E-state index contributed by atoms with van der Waals surface area (Å²) >= 11 is 1.82. The normalized spacial score (nSPS) is 15.3. The van der Waals surface area contributed by atoms with Gasteiger partial charge in [-0.25, -0.2) is 0 Å². The molecule has 6 heteroatoms. The maximum Gasteiger partial charge on any atom is 0.197 e. The number of fused-ring (bicyclic) bond motifs is 2. The van der Waals surface area contributed by atoms with E-state index in [2.05, 4.69) is 31.7 Å². The molecule has 1 aromatic carbocycles. The van der Waals surface area contributed by atoms with E-state index in [1.165, 1.54) is 0 Å². The van der Waals surface area contributed by atoms with Gasteiger partial charge in [-0.15, -0.1) is 11.8 Å². The van der Waals surface area contributed by atoms with E-state index in [0.29, 0.717) is 5.56 Å². The Kier molecular flexibility index (Phi) is 4.25. The van der Waals surface area contributed by atoms with Crippen LogP contribution in [0.2, 0.25) is 0 Å². The number of rotatable bonds is 4. The highest BCUT2D eigenvalue weighted by molar-refractivity contribution is 7.99. The van der Waals surface area contributed by atoms with Crippen LogP contribution in [0.5, 0.6) is 0 Å². The molecule has 1 unspecified atom stereocenters. The van der Waals surface area contributed by atoms with Crippen LogP contribution in [-0.2, 0) is 5.75 Å². The van der Waals surface area contributed by atoms with Crippen molar-refractivity contribution in [3.05, 3.63) is 108 Å². The molecule has 0 radical (unpaired) electrons. The number of benzene rings is 1. The molecule has 1 atom stereocenters. The van der Waals surface area contributed by atoms with Crippen molar-refractivity contribution in [3.8, 4) is 11.1 Å². The fraction of sp³-hybridized carbons (Fsp3) is 0.0800. The van der Waals surface area contributed by atoms with Crippen LogP contribution < -0.4 is 0 Å². The first-order chi connectivity index (χ1) is 15.3. The molecule has 0 aliphatic carbocycles. The Hall–Kier alpha value is -3.64. The molecule has 0 fully saturated rings. The number of hydrogen-bond donors (Lipinski definition) is 1. The van der Waals surface area contributed by atoms with Gasteiger partial charge in [-0.3, -0.25) is 14.8 Å². The van der Waals surface area contributed by atoms with Gasteiger partial charge >= 0.3 is 0 Å². The number of aromatic amines is 1. The van der Waals surface area contributed by atoms with Crippen molar-refractivity contribution in [1.82, 2.24) is 19.5 Å². The van der Waals surface area contributed by atoms with Gasteiger partial charge < -0.3 is 9.55 Å². The van der Waals surface area contributed by atoms with Crippen LogP contribution >= 0.6 is 11.8 Å². The highest BCUT2D eigenvalue weighted by Gasteiger charge is 2.29. The van der Waals surface area contributed by atoms with E-state index < -0.39 is 0 Å². The minimum absolute atomic E-state index is 0.0570. The average molecular weight is 423 g/mol. The van der Waals surface area contributed by atoms with Crippen LogP contribution in [0.1, 0.15) is 32.6 Å². The monoisotopic (exact) mass is 422 g/mol. The molecular weight excluding hydrogens is 404 g/mol. The van der Waals surface area contributed by atoms with Gasteiger partial charge in [0.05, 0.1) is 0 Å². The van der Waals surface area contributed by atoms with Gasteiger partial charge in [0.25, 0.3) is 0 Å². The second-order valence-corrected chi connectivity index (χ2v) is 8.64. The number of pyridine rings is 2. The largest absolute Gasteiger partial charge is 0.360 e. The standard InChI is InChI=1S/C25H18N4OS/c30-24(20-7-10-29-23(20)15-31-25(29)18-4-2-9-27-13-18)21-14-28-22-11-16(5-6-19(21)22)17-3-1-8-26-12-17/h1-14,25,28H,15H2. The number of carbonyl (C=O) groups is 1. The summed E-state index contributed by atoms with van der Waals surface area (Å²) < 4.78 is 2.20. The van der Waals surface area contributed by atoms with Crippen molar-refractivity contribution in [2.45, 2.75) is 11.1 Å². The molecule has 0 saturated carbocycles. The first-order valence-corrected chi connectivity index (χ1v) is 11.1. The molecule has 5 heterocycles. The van der Waals surface area contributed by atoms with Gasteiger partial charge in [0, 0.05) is 81.8 Å². The summed E-state index contributed by atoms with van der Waals surface area (Å²) in [5.41, 5.74) is 6.77. The summed E-state index contributed by atoms with van der Waals surface area (Å²) in [7, 11) is 0. The number of nitrogens with one attached hydrogen (secondary N) is 1. The number of carbonyl (C=O) groups excluding carboxylic acids is 1. The van der Waals surface area contributed by atoms with Gasteiger partial charge in [-0.1, -0.05) is 24.3 Å². The fourth-order valence-corrected chi connectivity index (χ4v) is 5.56. The highest BCUT2D eigenvalue weighted by atomic mass is 32.2. The molecule has 0 amide bonds. The molecule has 0 saturated heterocycles. The topological polar surface area (TPSA) is 63.6 Å². The molecule has 1 N–H and O–H groups in total. The lowest BCUT2D eigenvalue weighted by atomic mass is 10.0. The van der Waals surface area contributed by atoms with Crippen molar-refractivity contribution in [2.24, 2.45) is 0 Å². The number of aromatic nitrogens is 4. The van der Waals surface area contributed by atoms with E-state index in [1.54, 1.807) is 12.4 Å². The molecule has 1 aliphatic heterocycles. The van der Waals surface area contributed by atoms with Crippen LogP contribution in [0.3, 0.4) is 0 Å². The maximum atomic E-state index is 13.5. The molecule has 0 bridgehead atoms. The summed E-state index contributed by atoms with van der Waals surface area (Å²) in [6.07, 6.45) is 11.1. The summed E-state index contributed by atoms with van der Waals surface area (Å²) in [5.74, 6) is 0.864. The first-order valence-electron chi connectivity index (χ1n) is 10.1. The van der Waals surface area contributed by atoms with E-state index in [0.717, 1.165) is 44.6 Å². The van der Waals surface area contributed by atoms with Crippen molar-refractivity contribution >= 4 is 28.4 Å². The Morgan fingerprint density at radius 1 is 1.00 bits per heavy atom. The third kappa shape index (κ3) is 2.99. The molecule has 31 heavy (non-hydrogen) atoms. The van der Waals surface area contributed by atoms with E-state index in [-0.39, 0.29) is 11.2 Å². The van der Waals surface area contributed by atoms with E-state index in [1.807, 2.05) is 72.9 Å². The quantitative estimate of drug-likeness (QED) is 0.391. The van der Waals surface area contributed by atoms with Gasteiger partial charge in [0.2, 0.25) is 0 Å². The Bertz CT molecular complexity index is 1410. The molecule has 6 rings (SSSR count). The van der Waals surface area contributed by atoms with Gasteiger partial charge in [0.15, 0.2) is 5.78 Å². The van der Waals surface area contributed by atoms with E-state index in [9.17, 15) is 4.79 Å². The molecule has 150 valence electrons. The predicted molar refractivity (Wildman–Crippen MR) is 123 cm³/mol. The Morgan fingerprint density at radius 3 is 2.68 bits per heavy atom. The smallest absolute Gasteiger partial charge is 0.197 e. The van der Waals surface area contributed by atoms with Gasteiger partial charge in [-0.2, -0.15) is 0 Å². The number of nitrogens with zero attached hydrogens (tertiary/aromatic N) is 3. The maximum absolute atomic E-state index is 13.5. The molecule has 5 aromatic rings. The van der Waals surface area contributed by atoms with Gasteiger partial charge in [0.1, 0.15) is 5.37 Å². The molecule has 5 nitrogen and oxygen atoms in total. The lowest BCUT2D eigenvalue weighted by Gasteiger charge is -2.11. The zero-order valence-corrected chi connectivity index (χ0v) is 17.3. The molecule has 4 aromatic heterocycles. The lowest BCUT2D eigenvalue weighted by molar-refractivity contribution is 0.103. The fourth-order valence-electron chi connectivity index (χ4n) is 4.25. The van der Waals surface area contributed by atoms with Crippen molar-refractivity contribution in [1.29, 1.82) is 0 Å². The van der Waals surface area contributed by atoms with E-state index >= 15 is 0 Å².